The van der Waals surface area contributed by atoms with E-state index >= 15 is 0 Å². The number of hydrogen-bond acceptors (Lipinski definition) is 5. The molecule has 0 aliphatic carbocycles. The molecule has 2 heterocycles. The molecule has 8 heteroatoms. The second kappa shape index (κ2) is 9.47. The lowest BCUT2D eigenvalue weighted by atomic mass is 9.91. The molecule has 28 heavy (non-hydrogen) atoms. The maximum atomic E-state index is 13.0. The van der Waals surface area contributed by atoms with Gasteiger partial charge in [0.05, 0.1) is 25.8 Å². The lowest BCUT2D eigenvalue weighted by Gasteiger charge is -2.35. The summed E-state index contributed by atoms with van der Waals surface area (Å²) in [5.74, 6) is 1.23. The van der Waals surface area contributed by atoms with Crippen LogP contribution in [0, 0.1) is 11.8 Å². The molecular formula is C20H30ClN3O4. The van der Waals surface area contributed by atoms with Crippen LogP contribution in [0.25, 0.3) is 0 Å². The van der Waals surface area contributed by atoms with Gasteiger partial charge in [-0.1, -0.05) is 0 Å². The molecule has 1 aromatic rings. The molecule has 0 bridgehead atoms. The van der Waals surface area contributed by atoms with Crippen molar-refractivity contribution in [1.29, 1.82) is 0 Å². The number of halogens is 1. The summed E-state index contributed by atoms with van der Waals surface area (Å²) in [6, 6.07) is 5.41. The number of methoxy groups -OCH3 is 2. The summed E-state index contributed by atoms with van der Waals surface area (Å²) < 4.78 is 10.6. The highest BCUT2D eigenvalue weighted by Gasteiger charge is 2.39. The van der Waals surface area contributed by atoms with Crippen molar-refractivity contribution < 1.29 is 19.1 Å². The molecule has 2 N–H and O–H groups in total. The summed E-state index contributed by atoms with van der Waals surface area (Å²) in [6.07, 6.45) is 2.25. The monoisotopic (exact) mass is 411 g/mol. The first-order valence-corrected chi connectivity index (χ1v) is 9.51. The van der Waals surface area contributed by atoms with Crippen LogP contribution in [0.4, 0.5) is 5.69 Å². The number of nitrogens with two attached hydrogens (primary N) is 1. The molecule has 0 saturated carbocycles. The van der Waals surface area contributed by atoms with Crippen molar-refractivity contribution in [2.24, 2.45) is 17.6 Å². The molecule has 2 fully saturated rings. The first-order valence-electron chi connectivity index (χ1n) is 9.51. The highest BCUT2D eigenvalue weighted by atomic mass is 35.5. The Balaban J connectivity index is 0.00000280. The molecule has 0 radical (unpaired) electrons. The highest BCUT2D eigenvalue weighted by molar-refractivity contribution is 6.01. The molecule has 2 saturated heterocycles. The van der Waals surface area contributed by atoms with E-state index in [-0.39, 0.29) is 42.6 Å². The lowest BCUT2D eigenvalue weighted by molar-refractivity contribution is -0.137. The smallest absolute Gasteiger partial charge is 0.228 e. The van der Waals surface area contributed by atoms with Gasteiger partial charge >= 0.3 is 0 Å². The van der Waals surface area contributed by atoms with E-state index in [2.05, 4.69) is 0 Å². The van der Waals surface area contributed by atoms with E-state index in [0.717, 1.165) is 19.4 Å². The minimum absolute atomic E-state index is 0. The quantitative estimate of drug-likeness (QED) is 0.801. The third-order valence-electron chi connectivity index (χ3n) is 5.67. The van der Waals surface area contributed by atoms with Gasteiger partial charge in [-0.25, -0.2) is 0 Å². The molecule has 2 aliphatic rings. The van der Waals surface area contributed by atoms with Crippen LogP contribution in [0.5, 0.6) is 11.5 Å². The van der Waals surface area contributed by atoms with Crippen molar-refractivity contribution >= 4 is 29.9 Å². The van der Waals surface area contributed by atoms with E-state index < -0.39 is 0 Å². The summed E-state index contributed by atoms with van der Waals surface area (Å²) in [6.45, 7) is 3.81. The SMILES string of the molecule is COc1ccc(N2CC(C(=O)N3CCCC(C(C)N)C3)CC2=O)c(OC)c1.Cl. The fourth-order valence-corrected chi connectivity index (χ4v) is 4.01. The van der Waals surface area contributed by atoms with Crippen LogP contribution in [-0.2, 0) is 9.59 Å². The molecule has 2 amide bonds. The van der Waals surface area contributed by atoms with Gasteiger partial charge < -0.3 is 25.0 Å². The highest BCUT2D eigenvalue weighted by Crippen LogP contribution is 2.36. The molecule has 0 aromatic heterocycles. The molecule has 0 spiro atoms. The second-order valence-electron chi connectivity index (χ2n) is 7.49. The number of nitrogens with zero attached hydrogens (tertiary/aromatic N) is 2. The summed E-state index contributed by atoms with van der Waals surface area (Å²) in [5, 5.41) is 0. The largest absolute Gasteiger partial charge is 0.497 e. The van der Waals surface area contributed by atoms with E-state index in [4.69, 9.17) is 15.2 Å². The summed E-state index contributed by atoms with van der Waals surface area (Å²) in [5.41, 5.74) is 6.71. The van der Waals surface area contributed by atoms with E-state index in [0.29, 0.717) is 36.2 Å². The van der Waals surface area contributed by atoms with Crippen molar-refractivity contribution in [3.63, 3.8) is 0 Å². The number of anilines is 1. The third kappa shape index (κ3) is 4.52. The van der Waals surface area contributed by atoms with Crippen LogP contribution in [0.15, 0.2) is 18.2 Å². The molecule has 156 valence electrons. The van der Waals surface area contributed by atoms with Gasteiger partial charge in [0.25, 0.3) is 0 Å². The average Bonchev–Trinajstić information content (AvgIpc) is 3.08. The van der Waals surface area contributed by atoms with Crippen LogP contribution >= 0.6 is 12.4 Å². The zero-order valence-corrected chi connectivity index (χ0v) is 17.5. The van der Waals surface area contributed by atoms with E-state index in [1.54, 1.807) is 37.3 Å². The number of hydrogen-bond donors (Lipinski definition) is 1. The third-order valence-corrected chi connectivity index (χ3v) is 5.67. The number of carbonyl (C=O) groups is 2. The van der Waals surface area contributed by atoms with E-state index in [1.165, 1.54) is 0 Å². The molecule has 1 aromatic carbocycles. The van der Waals surface area contributed by atoms with Gasteiger partial charge in [0.15, 0.2) is 0 Å². The fourth-order valence-electron chi connectivity index (χ4n) is 4.01. The summed E-state index contributed by atoms with van der Waals surface area (Å²) in [4.78, 5) is 29.2. The number of likely N-dealkylation sites (tertiary alicyclic amines) is 1. The minimum Gasteiger partial charge on any atom is -0.497 e. The Kier molecular flexibility index (Phi) is 7.55. The maximum Gasteiger partial charge on any atom is 0.228 e. The number of rotatable bonds is 5. The van der Waals surface area contributed by atoms with Gasteiger partial charge in [-0.15, -0.1) is 12.4 Å². The Morgan fingerprint density at radius 1 is 1.25 bits per heavy atom. The number of amides is 2. The minimum atomic E-state index is -0.323. The van der Waals surface area contributed by atoms with Crippen LogP contribution in [-0.4, -0.2) is 56.6 Å². The Morgan fingerprint density at radius 2 is 2.00 bits per heavy atom. The first kappa shape index (κ1) is 22.3. The molecule has 7 nitrogen and oxygen atoms in total. The number of piperidine rings is 1. The molecule has 2 aliphatic heterocycles. The van der Waals surface area contributed by atoms with Gasteiger partial charge in [0.2, 0.25) is 11.8 Å². The van der Waals surface area contributed by atoms with E-state index in [9.17, 15) is 9.59 Å². The molecule has 3 unspecified atom stereocenters. The maximum absolute atomic E-state index is 13.0. The van der Waals surface area contributed by atoms with Crippen molar-refractivity contribution in [3.8, 4) is 11.5 Å². The normalized spacial score (nSPS) is 23.2. The standard InChI is InChI=1S/C20H29N3O4.ClH/c1-13(21)14-5-4-8-22(11-14)20(25)15-9-19(24)23(12-15)17-7-6-16(26-2)10-18(17)27-3;/h6-7,10,13-15H,4-5,8-9,11-12,21H2,1-3H3;1H. The average molecular weight is 412 g/mol. The predicted octanol–water partition coefficient (Wildman–Crippen LogP) is 2.06. The van der Waals surface area contributed by atoms with Gasteiger partial charge in [-0.05, 0) is 37.8 Å². The van der Waals surface area contributed by atoms with Crippen molar-refractivity contribution in [2.75, 3.05) is 38.8 Å². The number of ether oxygens (including phenoxy) is 2. The number of benzene rings is 1. The summed E-state index contributed by atoms with van der Waals surface area (Å²) in [7, 11) is 3.14. The van der Waals surface area contributed by atoms with Crippen LogP contribution in [0.2, 0.25) is 0 Å². The molecule has 3 atom stereocenters. The second-order valence-corrected chi connectivity index (χ2v) is 7.49. The topological polar surface area (TPSA) is 85.1 Å². The van der Waals surface area contributed by atoms with Gasteiger partial charge in [-0.2, -0.15) is 0 Å². The van der Waals surface area contributed by atoms with E-state index in [1.807, 2.05) is 11.8 Å². The Hall–Kier alpha value is -1.99. The lowest BCUT2D eigenvalue weighted by Crippen LogP contribution is -2.47. The summed E-state index contributed by atoms with van der Waals surface area (Å²) >= 11 is 0. The van der Waals surface area contributed by atoms with Crippen molar-refractivity contribution in [3.05, 3.63) is 18.2 Å². The Labute approximate surface area is 172 Å². The predicted molar refractivity (Wildman–Crippen MR) is 110 cm³/mol. The van der Waals surface area contributed by atoms with Crippen molar-refractivity contribution in [1.82, 2.24) is 4.90 Å². The fraction of sp³-hybridized carbons (Fsp3) is 0.600. The van der Waals surface area contributed by atoms with Gasteiger partial charge in [0, 0.05) is 38.2 Å². The number of carbonyl (C=O) groups excluding carboxylic acids is 2. The van der Waals surface area contributed by atoms with Crippen LogP contribution in [0.1, 0.15) is 26.2 Å². The van der Waals surface area contributed by atoms with Crippen LogP contribution < -0.4 is 20.1 Å². The Morgan fingerprint density at radius 3 is 2.64 bits per heavy atom. The molecular weight excluding hydrogens is 382 g/mol. The van der Waals surface area contributed by atoms with Gasteiger partial charge in [-0.3, -0.25) is 9.59 Å². The Bertz CT molecular complexity index is 713. The van der Waals surface area contributed by atoms with Crippen molar-refractivity contribution in [2.45, 2.75) is 32.2 Å². The zero-order chi connectivity index (χ0) is 19.6. The first-order chi connectivity index (χ1) is 12.9. The van der Waals surface area contributed by atoms with Gasteiger partial charge in [0.1, 0.15) is 11.5 Å². The van der Waals surface area contributed by atoms with Crippen LogP contribution in [0.3, 0.4) is 0 Å². The molecule has 3 rings (SSSR count). The zero-order valence-electron chi connectivity index (χ0n) is 16.7.